The van der Waals surface area contributed by atoms with Gasteiger partial charge in [-0.1, -0.05) is 10.4 Å². The third-order valence-electron chi connectivity index (χ3n) is 2.05. The summed E-state index contributed by atoms with van der Waals surface area (Å²) in [5.41, 5.74) is 4.70. The van der Waals surface area contributed by atoms with E-state index in [9.17, 15) is 29.6 Å². The van der Waals surface area contributed by atoms with E-state index in [2.05, 4.69) is 10.4 Å². The zero-order valence-electron chi connectivity index (χ0n) is 8.81. The Balaban J connectivity index is 5.06. The Kier molecular flexibility index (Phi) is 5.85. The maximum atomic E-state index is 11.0. The van der Waals surface area contributed by atoms with E-state index >= 15 is 0 Å². The number of primary amides is 1. The Morgan fingerprint density at radius 1 is 1.12 bits per heavy atom. The molecule has 10 nitrogen and oxygen atoms in total. The molecule has 17 heavy (non-hydrogen) atoms. The molecule has 0 rings (SSSR count). The number of nitrogens with zero attached hydrogens (tertiary/aromatic N) is 2. The number of hydrogen-bond donors (Lipinski definition) is 4. The Morgan fingerprint density at radius 2 is 1.53 bits per heavy atom. The molecular formula is C7H12N4O6. The highest BCUT2D eigenvalue weighted by Crippen LogP contribution is 2.13. The van der Waals surface area contributed by atoms with Crippen molar-refractivity contribution in [3.8, 4) is 0 Å². The van der Waals surface area contributed by atoms with Gasteiger partial charge in [0.05, 0.1) is 0 Å². The van der Waals surface area contributed by atoms with Crippen LogP contribution in [0, 0.1) is 9.81 Å². The lowest BCUT2D eigenvalue weighted by Gasteiger charge is -2.21. The minimum Gasteiger partial charge on any atom is -0.381 e. The molecule has 0 heterocycles. The van der Waals surface area contributed by atoms with Crippen LogP contribution in [-0.2, 0) is 9.59 Å². The van der Waals surface area contributed by atoms with Crippen molar-refractivity contribution in [3.05, 3.63) is 9.81 Å². The topological polar surface area (TPSA) is 172 Å². The number of nitrogens with one attached hydrogen (secondary N) is 1. The van der Waals surface area contributed by atoms with Crippen molar-refractivity contribution in [1.82, 2.24) is 5.32 Å². The van der Waals surface area contributed by atoms with E-state index in [0.717, 1.165) is 0 Å². The first-order chi connectivity index (χ1) is 7.90. The average molecular weight is 248 g/mol. The SMILES string of the molecule is CNC(=O)[C@H](O)C(N=O)C(N=O)C(O)C(N)=O. The Hall–Kier alpha value is -1.94. The lowest BCUT2D eigenvalue weighted by molar-refractivity contribution is -0.133. The standard InChI is InChI=1S/C7H12N4O6/c1-9-7(15)5(13)3(11-17)2(10-16)4(12)6(8)14/h2-5,12-13H,1H3,(H2,8,14)(H,9,15)/t2?,3?,4?,5-/m1/s1. The second kappa shape index (κ2) is 6.60. The summed E-state index contributed by atoms with van der Waals surface area (Å²) in [6.45, 7) is 0. The van der Waals surface area contributed by atoms with Crippen LogP contribution >= 0.6 is 0 Å². The molecule has 0 aromatic rings. The molecule has 3 unspecified atom stereocenters. The molecule has 0 aliphatic rings. The molecule has 0 saturated carbocycles. The van der Waals surface area contributed by atoms with E-state index in [1.807, 2.05) is 5.32 Å². The summed E-state index contributed by atoms with van der Waals surface area (Å²) in [7, 11) is 1.17. The van der Waals surface area contributed by atoms with Crippen LogP contribution in [0.2, 0.25) is 0 Å². The second-order valence-corrected chi connectivity index (χ2v) is 3.10. The van der Waals surface area contributed by atoms with Crippen LogP contribution in [-0.4, -0.2) is 53.4 Å². The lowest BCUT2D eigenvalue weighted by atomic mass is 9.98. The van der Waals surface area contributed by atoms with E-state index in [1.165, 1.54) is 7.05 Å². The van der Waals surface area contributed by atoms with Crippen LogP contribution in [0.15, 0.2) is 10.4 Å². The summed E-state index contributed by atoms with van der Waals surface area (Å²) < 4.78 is 0. The fourth-order valence-electron chi connectivity index (χ4n) is 1.08. The van der Waals surface area contributed by atoms with E-state index in [1.54, 1.807) is 0 Å². The molecule has 0 aromatic carbocycles. The van der Waals surface area contributed by atoms with Gasteiger partial charge < -0.3 is 21.3 Å². The van der Waals surface area contributed by atoms with E-state index in [4.69, 9.17) is 5.73 Å². The van der Waals surface area contributed by atoms with Crippen molar-refractivity contribution in [1.29, 1.82) is 0 Å². The molecule has 96 valence electrons. The lowest BCUT2D eigenvalue weighted by Crippen LogP contribution is -2.51. The van der Waals surface area contributed by atoms with Crippen LogP contribution in [0.5, 0.6) is 0 Å². The number of nitroso groups, excluding NO2 is 2. The van der Waals surface area contributed by atoms with Crippen molar-refractivity contribution in [3.63, 3.8) is 0 Å². The number of carbonyl (C=O) groups is 2. The molecule has 0 aliphatic carbocycles. The molecule has 5 N–H and O–H groups in total. The quantitative estimate of drug-likeness (QED) is 0.354. The van der Waals surface area contributed by atoms with Crippen LogP contribution in [0.4, 0.5) is 0 Å². The third kappa shape index (κ3) is 3.53. The zero-order valence-corrected chi connectivity index (χ0v) is 8.81. The van der Waals surface area contributed by atoms with Crippen LogP contribution in [0.25, 0.3) is 0 Å². The summed E-state index contributed by atoms with van der Waals surface area (Å²) in [6.07, 6.45) is -4.14. The summed E-state index contributed by atoms with van der Waals surface area (Å²) >= 11 is 0. The first-order valence-electron chi connectivity index (χ1n) is 4.42. The molecule has 2 amide bonds. The van der Waals surface area contributed by atoms with Gasteiger partial charge in [-0.25, -0.2) is 0 Å². The number of carbonyl (C=O) groups excluding carboxylic acids is 2. The van der Waals surface area contributed by atoms with Crippen molar-refractivity contribution < 1.29 is 19.8 Å². The molecule has 0 spiro atoms. The number of rotatable bonds is 7. The first kappa shape index (κ1) is 15.1. The van der Waals surface area contributed by atoms with Gasteiger partial charge in [0, 0.05) is 7.05 Å². The normalized spacial score (nSPS) is 17.4. The van der Waals surface area contributed by atoms with Gasteiger partial charge >= 0.3 is 0 Å². The highest BCUT2D eigenvalue weighted by Gasteiger charge is 2.41. The maximum absolute atomic E-state index is 11.0. The van der Waals surface area contributed by atoms with Gasteiger partial charge in [0.1, 0.15) is 0 Å². The third-order valence-corrected chi connectivity index (χ3v) is 2.05. The van der Waals surface area contributed by atoms with Gasteiger partial charge in [0.15, 0.2) is 24.3 Å². The van der Waals surface area contributed by atoms with Crippen LogP contribution in [0.3, 0.4) is 0 Å². The van der Waals surface area contributed by atoms with Crippen molar-refractivity contribution in [2.24, 2.45) is 16.1 Å². The van der Waals surface area contributed by atoms with Crippen molar-refractivity contribution >= 4 is 11.8 Å². The number of aliphatic hydroxyl groups is 2. The van der Waals surface area contributed by atoms with Crippen LogP contribution < -0.4 is 11.1 Å². The predicted octanol–water partition coefficient (Wildman–Crippen LogP) is -2.79. The number of hydrogen-bond acceptors (Lipinski definition) is 8. The largest absolute Gasteiger partial charge is 0.381 e. The fourth-order valence-corrected chi connectivity index (χ4v) is 1.08. The Morgan fingerprint density at radius 3 is 1.82 bits per heavy atom. The minimum absolute atomic E-state index is 1.01. The van der Waals surface area contributed by atoms with E-state index < -0.39 is 36.1 Å². The molecule has 0 aromatic heterocycles. The van der Waals surface area contributed by atoms with Gasteiger partial charge in [-0.05, 0) is 0 Å². The van der Waals surface area contributed by atoms with E-state index in [0.29, 0.717) is 0 Å². The summed E-state index contributed by atoms with van der Waals surface area (Å²) in [5.74, 6) is -2.34. The molecule has 0 aliphatic heterocycles. The summed E-state index contributed by atoms with van der Waals surface area (Å²) in [4.78, 5) is 42.5. The monoisotopic (exact) mass is 248 g/mol. The molecule has 0 bridgehead atoms. The Labute approximate surface area is 95.1 Å². The minimum atomic E-state index is -2.12. The zero-order chi connectivity index (χ0) is 13.6. The number of amides is 2. The molecule has 4 atom stereocenters. The number of nitrogens with two attached hydrogens (primary N) is 1. The highest BCUT2D eigenvalue weighted by atomic mass is 16.3. The number of likely N-dealkylation sites (N-methyl/N-ethyl adjacent to an activating group) is 1. The Bertz CT molecular complexity index is 321. The molecular weight excluding hydrogens is 236 g/mol. The first-order valence-corrected chi connectivity index (χ1v) is 4.42. The molecule has 0 saturated heterocycles. The summed E-state index contributed by atoms with van der Waals surface area (Å²) in [6, 6.07) is -3.84. The highest BCUT2D eigenvalue weighted by molar-refractivity contribution is 5.82. The molecule has 10 heteroatoms. The van der Waals surface area contributed by atoms with Crippen molar-refractivity contribution in [2.45, 2.75) is 24.3 Å². The van der Waals surface area contributed by atoms with Crippen molar-refractivity contribution in [2.75, 3.05) is 7.05 Å². The van der Waals surface area contributed by atoms with Crippen LogP contribution in [0.1, 0.15) is 0 Å². The average Bonchev–Trinajstić information content (AvgIpc) is 2.32. The van der Waals surface area contributed by atoms with Gasteiger partial charge in [0.2, 0.25) is 5.91 Å². The maximum Gasteiger partial charge on any atom is 0.251 e. The number of aliphatic hydroxyl groups excluding tert-OH is 2. The second-order valence-electron chi connectivity index (χ2n) is 3.10. The molecule has 0 radical (unpaired) electrons. The van der Waals surface area contributed by atoms with Gasteiger partial charge in [-0.2, -0.15) is 9.81 Å². The van der Waals surface area contributed by atoms with Gasteiger partial charge in [-0.3, -0.25) is 9.59 Å². The smallest absolute Gasteiger partial charge is 0.251 e. The fraction of sp³-hybridized carbons (Fsp3) is 0.714. The predicted molar refractivity (Wildman–Crippen MR) is 54.4 cm³/mol. The van der Waals surface area contributed by atoms with Gasteiger partial charge in [0.25, 0.3) is 5.91 Å². The van der Waals surface area contributed by atoms with Gasteiger partial charge in [-0.15, -0.1) is 0 Å². The van der Waals surface area contributed by atoms with E-state index in [-0.39, 0.29) is 0 Å². The summed E-state index contributed by atoms with van der Waals surface area (Å²) in [5, 5.41) is 25.1. The molecule has 0 fully saturated rings.